The molecule has 1 heterocycles. The van der Waals surface area contributed by atoms with Crippen LogP contribution < -0.4 is 21.7 Å². The van der Waals surface area contributed by atoms with E-state index in [1.54, 1.807) is 6.08 Å². The normalized spacial score (nSPS) is 18.5. The molecule has 0 unspecified atom stereocenters. The van der Waals surface area contributed by atoms with E-state index in [4.69, 9.17) is 5.73 Å². The van der Waals surface area contributed by atoms with Crippen LogP contribution in [0.1, 0.15) is 12.8 Å². The van der Waals surface area contributed by atoms with Crippen molar-refractivity contribution in [3.8, 4) is 0 Å². The fraction of sp³-hybridized carbons (Fsp3) is 0.714. The molecule has 1 fully saturated rings. The minimum absolute atomic E-state index is 0.0738. The molecule has 188 valence electrons. The van der Waals surface area contributed by atoms with Crippen molar-refractivity contribution in [2.75, 3.05) is 85.3 Å². The third-order valence-electron chi connectivity index (χ3n) is 5.35. The van der Waals surface area contributed by atoms with Crippen LogP contribution in [0.4, 0.5) is 0 Å². The first-order valence-electron chi connectivity index (χ1n) is 11.4. The van der Waals surface area contributed by atoms with Gasteiger partial charge in [0.05, 0.1) is 26.4 Å². The van der Waals surface area contributed by atoms with Gasteiger partial charge in [-0.3, -0.25) is 38.8 Å². The maximum absolute atomic E-state index is 12.2. The minimum atomic E-state index is -0.385. The molecule has 1 rings (SSSR count). The highest BCUT2D eigenvalue weighted by molar-refractivity contribution is 5.78. The molecule has 4 amide bonds. The second kappa shape index (κ2) is 18.0. The van der Waals surface area contributed by atoms with Gasteiger partial charge in [-0.25, -0.2) is 0 Å². The number of nitrogens with two attached hydrogens (primary N) is 1. The number of carbonyl (C=O) groups excluding carboxylic acids is 4. The summed E-state index contributed by atoms with van der Waals surface area (Å²) in [5, 5.41) is 8.23. The third-order valence-corrected chi connectivity index (χ3v) is 5.35. The van der Waals surface area contributed by atoms with E-state index in [9.17, 15) is 19.2 Å². The third kappa shape index (κ3) is 14.3. The number of hydrogen-bond donors (Lipinski definition) is 4. The molecule has 0 bridgehead atoms. The van der Waals surface area contributed by atoms with Crippen LogP contribution in [0, 0.1) is 0 Å². The van der Waals surface area contributed by atoms with Gasteiger partial charge in [0, 0.05) is 45.8 Å². The zero-order valence-corrected chi connectivity index (χ0v) is 19.5. The van der Waals surface area contributed by atoms with Gasteiger partial charge in [0.2, 0.25) is 24.6 Å². The summed E-state index contributed by atoms with van der Waals surface area (Å²) >= 11 is 0. The van der Waals surface area contributed by atoms with Crippen molar-refractivity contribution in [1.29, 1.82) is 0 Å². The standard InChI is InChI=1S/C21H40N8O4/c1-2-5-25-21(33)15-27-7-4-9-29(17-24-19-31)13-12-28(16-23-18-30)8-3-6-26(10-11-27)14-20(22)32/h2,18-19H,1,3-17H2,(H2,22,32)(H,23,30)(H,24,31)(H,25,33). The van der Waals surface area contributed by atoms with Gasteiger partial charge < -0.3 is 21.7 Å². The van der Waals surface area contributed by atoms with Gasteiger partial charge >= 0.3 is 0 Å². The molecular weight excluding hydrogens is 428 g/mol. The molecule has 12 nitrogen and oxygen atoms in total. The zero-order valence-electron chi connectivity index (χ0n) is 19.5. The number of carbonyl (C=O) groups is 4. The number of nitrogens with one attached hydrogen (secondary N) is 3. The van der Waals surface area contributed by atoms with Crippen molar-refractivity contribution in [1.82, 2.24) is 35.6 Å². The highest BCUT2D eigenvalue weighted by atomic mass is 16.2. The smallest absolute Gasteiger partial charge is 0.234 e. The Kier molecular flexibility index (Phi) is 15.5. The second-order valence-electron chi connectivity index (χ2n) is 8.01. The molecule has 0 radical (unpaired) electrons. The summed E-state index contributed by atoms with van der Waals surface area (Å²) in [4.78, 5) is 53.7. The summed E-state index contributed by atoms with van der Waals surface area (Å²) < 4.78 is 0. The van der Waals surface area contributed by atoms with Crippen LogP contribution in [0.15, 0.2) is 12.7 Å². The molecule has 0 saturated carbocycles. The van der Waals surface area contributed by atoms with Crippen molar-refractivity contribution < 1.29 is 19.2 Å². The van der Waals surface area contributed by atoms with Crippen LogP contribution >= 0.6 is 0 Å². The summed E-state index contributed by atoms with van der Waals surface area (Å²) in [6, 6.07) is 0. The van der Waals surface area contributed by atoms with Crippen LogP contribution in [-0.2, 0) is 19.2 Å². The lowest BCUT2D eigenvalue weighted by molar-refractivity contribution is -0.122. The average molecular weight is 469 g/mol. The molecule has 1 saturated heterocycles. The van der Waals surface area contributed by atoms with Gasteiger partial charge in [-0.15, -0.1) is 6.58 Å². The lowest BCUT2D eigenvalue weighted by Crippen LogP contribution is -2.47. The van der Waals surface area contributed by atoms with Gasteiger partial charge in [0.25, 0.3) is 0 Å². The molecule has 1 aliphatic heterocycles. The molecule has 33 heavy (non-hydrogen) atoms. The van der Waals surface area contributed by atoms with E-state index in [1.807, 2.05) is 4.90 Å². The first kappa shape index (κ1) is 28.5. The van der Waals surface area contributed by atoms with Crippen molar-refractivity contribution >= 4 is 24.6 Å². The van der Waals surface area contributed by atoms with Gasteiger partial charge in [0.1, 0.15) is 0 Å². The maximum atomic E-state index is 12.2. The summed E-state index contributed by atoms with van der Waals surface area (Å²) in [5.74, 6) is -0.459. The van der Waals surface area contributed by atoms with Crippen LogP contribution in [-0.4, -0.2) is 130 Å². The summed E-state index contributed by atoms with van der Waals surface area (Å²) in [6.07, 6.45) is 4.59. The van der Waals surface area contributed by atoms with E-state index in [2.05, 4.69) is 37.2 Å². The Morgan fingerprint density at radius 2 is 1.21 bits per heavy atom. The Hall–Kier alpha value is -2.54. The number of hydrogen-bond acceptors (Lipinski definition) is 8. The Bertz CT molecular complexity index is 607. The molecule has 0 aromatic carbocycles. The molecular formula is C21H40N8O4. The fourth-order valence-corrected chi connectivity index (χ4v) is 3.68. The summed E-state index contributed by atoms with van der Waals surface area (Å²) in [7, 11) is 0. The molecule has 12 heteroatoms. The Morgan fingerprint density at radius 3 is 1.67 bits per heavy atom. The Morgan fingerprint density at radius 1 is 0.758 bits per heavy atom. The van der Waals surface area contributed by atoms with E-state index in [0.717, 1.165) is 25.9 Å². The predicted molar refractivity (Wildman–Crippen MR) is 126 cm³/mol. The largest absolute Gasteiger partial charge is 0.369 e. The van der Waals surface area contributed by atoms with E-state index < -0.39 is 0 Å². The second-order valence-corrected chi connectivity index (χ2v) is 8.01. The molecule has 0 aromatic heterocycles. The van der Waals surface area contributed by atoms with Crippen molar-refractivity contribution in [3.63, 3.8) is 0 Å². The van der Waals surface area contributed by atoms with Crippen LogP contribution in [0.25, 0.3) is 0 Å². The van der Waals surface area contributed by atoms with Gasteiger partial charge in [0.15, 0.2) is 0 Å². The van der Waals surface area contributed by atoms with E-state index in [1.165, 1.54) is 0 Å². The topological polar surface area (TPSA) is 143 Å². The fourth-order valence-electron chi connectivity index (χ4n) is 3.68. The van der Waals surface area contributed by atoms with E-state index in [0.29, 0.717) is 72.0 Å². The molecule has 5 N–H and O–H groups in total. The van der Waals surface area contributed by atoms with Crippen molar-refractivity contribution in [2.45, 2.75) is 12.8 Å². The summed E-state index contributed by atoms with van der Waals surface area (Å²) in [6.45, 7) is 10.8. The first-order chi connectivity index (χ1) is 16.0. The minimum Gasteiger partial charge on any atom is -0.369 e. The number of amides is 4. The van der Waals surface area contributed by atoms with Crippen LogP contribution in [0.5, 0.6) is 0 Å². The number of nitrogens with zero attached hydrogens (tertiary/aromatic N) is 4. The lowest BCUT2D eigenvalue weighted by atomic mass is 10.2. The lowest BCUT2D eigenvalue weighted by Gasteiger charge is -2.31. The molecule has 1 aliphatic rings. The predicted octanol–water partition coefficient (Wildman–Crippen LogP) is -2.82. The summed E-state index contributed by atoms with van der Waals surface area (Å²) in [5.41, 5.74) is 5.44. The van der Waals surface area contributed by atoms with E-state index in [-0.39, 0.29) is 24.9 Å². The van der Waals surface area contributed by atoms with Crippen LogP contribution in [0.3, 0.4) is 0 Å². The molecule has 0 spiro atoms. The monoisotopic (exact) mass is 468 g/mol. The number of primary amides is 1. The molecule has 0 aliphatic carbocycles. The average Bonchev–Trinajstić information content (AvgIpc) is 2.78. The maximum Gasteiger partial charge on any atom is 0.234 e. The quantitative estimate of drug-likeness (QED) is 0.177. The van der Waals surface area contributed by atoms with Gasteiger partial charge in [-0.1, -0.05) is 6.08 Å². The number of rotatable bonds is 12. The zero-order chi connectivity index (χ0) is 24.3. The van der Waals surface area contributed by atoms with E-state index >= 15 is 0 Å². The molecule has 0 atom stereocenters. The van der Waals surface area contributed by atoms with Gasteiger partial charge in [-0.05, 0) is 25.9 Å². The van der Waals surface area contributed by atoms with Crippen molar-refractivity contribution in [2.24, 2.45) is 5.73 Å². The van der Waals surface area contributed by atoms with Crippen molar-refractivity contribution in [3.05, 3.63) is 12.7 Å². The highest BCUT2D eigenvalue weighted by Crippen LogP contribution is 2.02. The Labute approximate surface area is 196 Å². The Balaban J connectivity index is 2.86. The van der Waals surface area contributed by atoms with Crippen LogP contribution in [0.2, 0.25) is 0 Å². The first-order valence-corrected chi connectivity index (χ1v) is 11.4. The highest BCUT2D eigenvalue weighted by Gasteiger charge is 2.17. The SMILES string of the molecule is C=CCNC(=O)CN1CCCN(CNC=O)CCN(CNC=O)CCCN(CC(N)=O)CC1. The van der Waals surface area contributed by atoms with Gasteiger partial charge in [-0.2, -0.15) is 0 Å². The molecule has 0 aromatic rings.